The van der Waals surface area contributed by atoms with E-state index in [2.05, 4.69) is 4.74 Å². The normalized spacial score (nSPS) is 11.7. The van der Waals surface area contributed by atoms with Gasteiger partial charge in [0.15, 0.2) is 0 Å². The SMILES string of the molecule is COC(=O)[C@H](N)Cc1ccc(OC)c(C(=O)O)c1. The van der Waals surface area contributed by atoms with Gasteiger partial charge in [-0.05, 0) is 24.1 Å². The molecule has 0 fully saturated rings. The van der Waals surface area contributed by atoms with Crippen molar-refractivity contribution in [3.8, 4) is 5.75 Å². The molecule has 0 unspecified atom stereocenters. The van der Waals surface area contributed by atoms with Gasteiger partial charge in [0.25, 0.3) is 0 Å². The van der Waals surface area contributed by atoms with Gasteiger partial charge in [0.1, 0.15) is 17.4 Å². The summed E-state index contributed by atoms with van der Waals surface area (Å²) in [6, 6.07) is 3.81. The Kier molecular flexibility index (Phi) is 4.67. The van der Waals surface area contributed by atoms with Gasteiger partial charge >= 0.3 is 11.9 Å². The number of aromatic carboxylic acids is 1. The Labute approximate surface area is 104 Å². The van der Waals surface area contributed by atoms with Crippen LogP contribution in [0.15, 0.2) is 18.2 Å². The number of hydrogen-bond donors (Lipinski definition) is 2. The van der Waals surface area contributed by atoms with Gasteiger partial charge < -0.3 is 20.3 Å². The van der Waals surface area contributed by atoms with Gasteiger partial charge in [-0.2, -0.15) is 0 Å². The van der Waals surface area contributed by atoms with Crippen LogP contribution in [0.2, 0.25) is 0 Å². The Morgan fingerprint density at radius 2 is 2.06 bits per heavy atom. The Balaban J connectivity index is 2.95. The fourth-order valence-electron chi connectivity index (χ4n) is 1.54. The van der Waals surface area contributed by atoms with Crippen molar-refractivity contribution in [2.45, 2.75) is 12.5 Å². The lowest BCUT2D eigenvalue weighted by atomic mass is 10.0. The first-order valence-electron chi connectivity index (χ1n) is 5.23. The minimum absolute atomic E-state index is 0.0343. The second-order valence-electron chi connectivity index (χ2n) is 3.67. The first kappa shape index (κ1) is 14.0. The summed E-state index contributed by atoms with van der Waals surface area (Å²) in [6.45, 7) is 0. The van der Waals surface area contributed by atoms with E-state index in [9.17, 15) is 9.59 Å². The van der Waals surface area contributed by atoms with E-state index in [1.165, 1.54) is 26.4 Å². The number of benzene rings is 1. The maximum absolute atomic E-state index is 11.2. The molecule has 0 saturated heterocycles. The molecule has 1 atom stereocenters. The summed E-state index contributed by atoms with van der Waals surface area (Å²) in [6.07, 6.45) is 0.205. The second kappa shape index (κ2) is 6.02. The zero-order chi connectivity index (χ0) is 13.7. The molecular weight excluding hydrogens is 238 g/mol. The predicted molar refractivity (Wildman–Crippen MR) is 63.6 cm³/mol. The first-order chi connectivity index (χ1) is 8.49. The number of carbonyl (C=O) groups excluding carboxylic acids is 1. The van der Waals surface area contributed by atoms with Crippen LogP contribution in [0.3, 0.4) is 0 Å². The Bertz CT molecular complexity index is 458. The monoisotopic (exact) mass is 253 g/mol. The molecule has 0 aliphatic carbocycles. The highest BCUT2D eigenvalue weighted by atomic mass is 16.5. The molecular formula is C12H15NO5. The zero-order valence-corrected chi connectivity index (χ0v) is 10.2. The number of carboxylic acid groups (broad SMARTS) is 1. The molecule has 6 heteroatoms. The Hall–Kier alpha value is -2.08. The van der Waals surface area contributed by atoms with Gasteiger partial charge in [0.05, 0.1) is 14.2 Å². The van der Waals surface area contributed by atoms with Gasteiger partial charge in [-0.25, -0.2) is 4.79 Å². The van der Waals surface area contributed by atoms with Crippen LogP contribution in [0.25, 0.3) is 0 Å². The fraction of sp³-hybridized carbons (Fsp3) is 0.333. The lowest BCUT2D eigenvalue weighted by Crippen LogP contribution is -2.33. The topological polar surface area (TPSA) is 98.9 Å². The van der Waals surface area contributed by atoms with Crippen LogP contribution in [-0.2, 0) is 16.0 Å². The molecule has 6 nitrogen and oxygen atoms in total. The molecule has 0 aromatic heterocycles. The Morgan fingerprint density at radius 3 is 2.56 bits per heavy atom. The maximum Gasteiger partial charge on any atom is 0.339 e. The molecule has 0 saturated carbocycles. The highest BCUT2D eigenvalue weighted by Gasteiger charge is 2.17. The molecule has 0 aliphatic rings. The van der Waals surface area contributed by atoms with Crippen LogP contribution >= 0.6 is 0 Å². The quantitative estimate of drug-likeness (QED) is 0.738. The average Bonchev–Trinajstić information content (AvgIpc) is 2.37. The molecule has 18 heavy (non-hydrogen) atoms. The van der Waals surface area contributed by atoms with Crippen LogP contribution in [0.1, 0.15) is 15.9 Å². The molecule has 1 rings (SSSR count). The summed E-state index contributed by atoms with van der Waals surface area (Å²) >= 11 is 0. The smallest absolute Gasteiger partial charge is 0.339 e. The average molecular weight is 253 g/mol. The highest BCUT2D eigenvalue weighted by Crippen LogP contribution is 2.20. The molecule has 0 heterocycles. The number of ether oxygens (including phenoxy) is 2. The van der Waals surface area contributed by atoms with Crippen LogP contribution in [0.5, 0.6) is 5.75 Å². The maximum atomic E-state index is 11.2. The number of carboxylic acids is 1. The van der Waals surface area contributed by atoms with Crippen molar-refractivity contribution in [3.63, 3.8) is 0 Å². The summed E-state index contributed by atoms with van der Waals surface area (Å²) in [5, 5.41) is 9.01. The number of rotatable bonds is 5. The van der Waals surface area contributed by atoms with Crippen LogP contribution in [0, 0.1) is 0 Å². The third-order valence-electron chi connectivity index (χ3n) is 2.45. The van der Waals surface area contributed by atoms with Crippen LogP contribution < -0.4 is 10.5 Å². The molecule has 98 valence electrons. The molecule has 1 aromatic rings. The standard InChI is InChI=1S/C12H15NO5/c1-17-10-4-3-7(5-8(10)11(14)15)6-9(13)12(16)18-2/h3-5,9H,6,13H2,1-2H3,(H,14,15)/t9-/m1/s1. The van der Waals surface area contributed by atoms with Gasteiger partial charge in [-0.3, -0.25) is 4.79 Å². The summed E-state index contributed by atoms with van der Waals surface area (Å²) in [7, 11) is 2.64. The van der Waals surface area contributed by atoms with Crippen molar-refractivity contribution in [2.75, 3.05) is 14.2 Å². The molecule has 0 aliphatic heterocycles. The van der Waals surface area contributed by atoms with E-state index in [4.69, 9.17) is 15.6 Å². The zero-order valence-electron chi connectivity index (χ0n) is 10.2. The van der Waals surface area contributed by atoms with Crippen molar-refractivity contribution in [1.29, 1.82) is 0 Å². The first-order valence-corrected chi connectivity index (χ1v) is 5.23. The minimum atomic E-state index is -1.10. The molecule has 0 radical (unpaired) electrons. The van der Waals surface area contributed by atoms with E-state index in [-0.39, 0.29) is 17.7 Å². The number of hydrogen-bond acceptors (Lipinski definition) is 5. The largest absolute Gasteiger partial charge is 0.496 e. The molecule has 0 bridgehead atoms. The van der Waals surface area contributed by atoms with E-state index in [0.29, 0.717) is 5.56 Å². The minimum Gasteiger partial charge on any atom is -0.496 e. The van der Waals surface area contributed by atoms with Gasteiger partial charge in [-0.15, -0.1) is 0 Å². The molecule has 0 amide bonds. The number of nitrogens with two attached hydrogens (primary N) is 1. The summed E-state index contributed by atoms with van der Waals surface area (Å²) in [5.41, 5.74) is 6.27. The molecule has 0 spiro atoms. The predicted octanol–water partition coefficient (Wildman–Crippen LogP) is 0.436. The summed E-state index contributed by atoms with van der Waals surface area (Å²) < 4.78 is 9.43. The van der Waals surface area contributed by atoms with Crippen molar-refractivity contribution in [3.05, 3.63) is 29.3 Å². The summed E-state index contributed by atoms with van der Waals surface area (Å²) in [4.78, 5) is 22.2. The summed E-state index contributed by atoms with van der Waals surface area (Å²) in [5.74, 6) is -1.37. The number of carbonyl (C=O) groups is 2. The molecule has 1 aromatic carbocycles. The highest BCUT2D eigenvalue weighted by molar-refractivity contribution is 5.91. The lowest BCUT2D eigenvalue weighted by molar-refractivity contribution is -0.142. The van der Waals surface area contributed by atoms with Crippen LogP contribution in [-0.4, -0.2) is 37.3 Å². The Morgan fingerprint density at radius 1 is 1.39 bits per heavy atom. The van der Waals surface area contributed by atoms with Crippen molar-refractivity contribution < 1.29 is 24.2 Å². The van der Waals surface area contributed by atoms with E-state index >= 15 is 0 Å². The third-order valence-corrected chi connectivity index (χ3v) is 2.45. The van der Waals surface area contributed by atoms with Crippen molar-refractivity contribution in [1.82, 2.24) is 0 Å². The van der Waals surface area contributed by atoms with Gasteiger partial charge in [-0.1, -0.05) is 6.07 Å². The molecule has 3 N–H and O–H groups in total. The van der Waals surface area contributed by atoms with Gasteiger partial charge in [0, 0.05) is 0 Å². The van der Waals surface area contributed by atoms with Crippen molar-refractivity contribution in [2.24, 2.45) is 5.73 Å². The number of methoxy groups -OCH3 is 2. The fourth-order valence-corrected chi connectivity index (χ4v) is 1.54. The van der Waals surface area contributed by atoms with E-state index in [1.54, 1.807) is 6.07 Å². The van der Waals surface area contributed by atoms with E-state index in [1.807, 2.05) is 0 Å². The van der Waals surface area contributed by atoms with E-state index < -0.39 is 18.0 Å². The third kappa shape index (κ3) is 3.21. The van der Waals surface area contributed by atoms with Gasteiger partial charge in [0.2, 0.25) is 0 Å². The lowest BCUT2D eigenvalue weighted by Gasteiger charge is -2.11. The van der Waals surface area contributed by atoms with Crippen molar-refractivity contribution >= 4 is 11.9 Å². The number of esters is 1. The van der Waals surface area contributed by atoms with Crippen LogP contribution in [0.4, 0.5) is 0 Å². The van der Waals surface area contributed by atoms with E-state index in [0.717, 1.165) is 0 Å². The second-order valence-corrected chi connectivity index (χ2v) is 3.67.